The van der Waals surface area contributed by atoms with Gasteiger partial charge in [0.15, 0.2) is 5.82 Å². The van der Waals surface area contributed by atoms with E-state index in [1.807, 2.05) is 13.8 Å². The topological polar surface area (TPSA) is 54.9 Å². The third kappa shape index (κ3) is 3.61. The van der Waals surface area contributed by atoms with Gasteiger partial charge in [-0.15, -0.1) is 0 Å². The highest BCUT2D eigenvalue weighted by atomic mass is 16.2. The van der Waals surface area contributed by atoms with Crippen LogP contribution in [0.3, 0.4) is 0 Å². The van der Waals surface area contributed by atoms with Gasteiger partial charge in [0.1, 0.15) is 0 Å². The molecule has 88 valence electrons. The van der Waals surface area contributed by atoms with Gasteiger partial charge in [-0.1, -0.05) is 27.7 Å². The van der Waals surface area contributed by atoms with Crippen LogP contribution in [0.5, 0.6) is 0 Å². The average molecular weight is 221 g/mol. The molecule has 0 unspecified atom stereocenters. The first-order valence-corrected chi connectivity index (χ1v) is 5.49. The van der Waals surface area contributed by atoms with Crippen molar-refractivity contribution in [1.82, 2.24) is 9.97 Å². The molecule has 0 aliphatic heterocycles. The highest BCUT2D eigenvalue weighted by molar-refractivity contribution is 5.93. The van der Waals surface area contributed by atoms with Crippen molar-refractivity contribution in [3.05, 3.63) is 18.6 Å². The van der Waals surface area contributed by atoms with Gasteiger partial charge in [0.25, 0.3) is 0 Å². The van der Waals surface area contributed by atoms with E-state index in [1.54, 1.807) is 18.6 Å². The lowest BCUT2D eigenvalue weighted by atomic mass is 9.83. The van der Waals surface area contributed by atoms with Gasteiger partial charge in [-0.2, -0.15) is 0 Å². The fraction of sp³-hybridized carbons (Fsp3) is 0.583. The zero-order valence-corrected chi connectivity index (χ0v) is 10.3. The molecule has 0 atom stereocenters. The summed E-state index contributed by atoms with van der Waals surface area (Å²) < 4.78 is 0. The molecule has 4 nitrogen and oxygen atoms in total. The highest BCUT2D eigenvalue weighted by Gasteiger charge is 2.28. The first-order valence-electron chi connectivity index (χ1n) is 5.49. The van der Waals surface area contributed by atoms with Crippen molar-refractivity contribution in [3.63, 3.8) is 0 Å². The molecule has 0 radical (unpaired) electrons. The fourth-order valence-electron chi connectivity index (χ4n) is 1.76. The number of carbonyl (C=O) groups excluding carboxylic acids is 1. The summed E-state index contributed by atoms with van der Waals surface area (Å²) in [6.45, 7) is 8.10. The number of anilines is 1. The zero-order valence-electron chi connectivity index (χ0n) is 10.3. The Balaban J connectivity index is 2.65. The molecule has 1 amide bonds. The number of aromatic nitrogens is 2. The molecular formula is C12H19N3O. The van der Waals surface area contributed by atoms with Crippen LogP contribution in [0.4, 0.5) is 5.82 Å². The first kappa shape index (κ1) is 12.6. The largest absolute Gasteiger partial charge is 0.309 e. The van der Waals surface area contributed by atoms with Crippen molar-refractivity contribution in [1.29, 1.82) is 0 Å². The van der Waals surface area contributed by atoms with Crippen LogP contribution in [0.15, 0.2) is 18.6 Å². The molecule has 16 heavy (non-hydrogen) atoms. The predicted molar refractivity (Wildman–Crippen MR) is 63.9 cm³/mol. The zero-order chi connectivity index (χ0) is 12.2. The SMILES string of the molecule is CC(C)CC(C)(C)C(=O)Nc1cnccn1. The molecule has 1 rings (SSSR count). The highest BCUT2D eigenvalue weighted by Crippen LogP contribution is 2.26. The van der Waals surface area contributed by atoms with E-state index >= 15 is 0 Å². The van der Waals surface area contributed by atoms with E-state index < -0.39 is 0 Å². The normalized spacial score (nSPS) is 11.6. The van der Waals surface area contributed by atoms with E-state index in [2.05, 4.69) is 29.1 Å². The van der Waals surface area contributed by atoms with E-state index in [1.165, 1.54) is 0 Å². The van der Waals surface area contributed by atoms with E-state index in [4.69, 9.17) is 0 Å². The number of nitrogens with one attached hydrogen (secondary N) is 1. The van der Waals surface area contributed by atoms with Gasteiger partial charge in [-0.05, 0) is 12.3 Å². The van der Waals surface area contributed by atoms with Crippen LogP contribution in [0, 0.1) is 11.3 Å². The molecule has 1 aromatic rings. The lowest BCUT2D eigenvalue weighted by Crippen LogP contribution is -2.32. The van der Waals surface area contributed by atoms with E-state index in [9.17, 15) is 4.79 Å². The molecule has 4 heteroatoms. The third-order valence-corrected chi connectivity index (χ3v) is 2.34. The second-order valence-electron chi connectivity index (χ2n) is 5.03. The van der Waals surface area contributed by atoms with Gasteiger partial charge >= 0.3 is 0 Å². The number of carbonyl (C=O) groups is 1. The molecule has 0 aliphatic carbocycles. The Bertz CT molecular complexity index is 347. The molecule has 0 saturated carbocycles. The Morgan fingerprint density at radius 2 is 2.12 bits per heavy atom. The molecule has 1 heterocycles. The van der Waals surface area contributed by atoms with Gasteiger partial charge in [0, 0.05) is 17.8 Å². The van der Waals surface area contributed by atoms with E-state index in [0.29, 0.717) is 11.7 Å². The summed E-state index contributed by atoms with van der Waals surface area (Å²) in [6, 6.07) is 0. The fourth-order valence-corrected chi connectivity index (χ4v) is 1.76. The molecule has 0 bridgehead atoms. The second kappa shape index (κ2) is 5.05. The van der Waals surface area contributed by atoms with Gasteiger partial charge in [0.2, 0.25) is 5.91 Å². The summed E-state index contributed by atoms with van der Waals surface area (Å²) >= 11 is 0. The Kier molecular flexibility index (Phi) is 3.99. The monoisotopic (exact) mass is 221 g/mol. The Morgan fingerprint density at radius 1 is 1.44 bits per heavy atom. The summed E-state index contributed by atoms with van der Waals surface area (Å²) in [6.07, 6.45) is 5.53. The maximum Gasteiger partial charge on any atom is 0.231 e. The lowest BCUT2D eigenvalue weighted by molar-refractivity contribution is -0.124. The summed E-state index contributed by atoms with van der Waals surface area (Å²) in [7, 11) is 0. The number of nitrogens with zero attached hydrogens (tertiary/aromatic N) is 2. The number of hydrogen-bond donors (Lipinski definition) is 1. The summed E-state index contributed by atoms with van der Waals surface area (Å²) in [4.78, 5) is 19.9. The maximum atomic E-state index is 12.0. The number of hydrogen-bond acceptors (Lipinski definition) is 3. The predicted octanol–water partition coefficient (Wildman–Crippen LogP) is 2.49. The summed E-state index contributed by atoms with van der Waals surface area (Å²) in [5, 5.41) is 2.78. The van der Waals surface area contributed by atoms with Gasteiger partial charge in [-0.25, -0.2) is 4.98 Å². The van der Waals surface area contributed by atoms with Crippen LogP contribution in [0.1, 0.15) is 34.1 Å². The van der Waals surface area contributed by atoms with E-state index in [-0.39, 0.29) is 11.3 Å². The lowest BCUT2D eigenvalue weighted by Gasteiger charge is -2.25. The second-order valence-corrected chi connectivity index (χ2v) is 5.03. The van der Waals surface area contributed by atoms with Crippen molar-refractivity contribution >= 4 is 11.7 Å². The van der Waals surface area contributed by atoms with Crippen molar-refractivity contribution < 1.29 is 4.79 Å². The van der Waals surface area contributed by atoms with Gasteiger partial charge in [-0.3, -0.25) is 9.78 Å². The quantitative estimate of drug-likeness (QED) is 0.849. The maximum absolute atomic E-state index is 12.0. The Labute approximate surface area is 96.5 Å². The van der Waals surface area contributed by atoms with Crippen LogP contribution < -0.4 is 5.32 Å². The van der Waals surface area contributed by atoms with Gasteiger partial charge in [0.05, 0.1) is 6.20 Å². The molecule has 1 N–H and O–H groups in total. The van der Waals surface area contributed by atoms with Crippen molar-refractivity contribution in [2.24, 2.45) is 11.3 Å². The minimum Gasteiger partial charge on any atom is -0.309 e. The molecular weight excluding hydrogens is 202 g/mol. The Morgan fingerprint density at radius 3 is 2.62 bits per heavy atom. The van der Waals surface area contributed by atoms with Crippen LogP contribution in [0.25, 0.3) is 0 Å². The molecule has 0 spiro atoms. The minimum atomic E-state index is -0.383. The average Bonchev–Trinajstić information content (AvgIpc) is 2.17. The van der Waals surface area contributed by atoms with Crippen molar-refractivity contribution in [3.8, 4) is 0 Å². The molecule has 1 aromatic heterocycles. The smallest absolute Gasteiger partial charge is 0.231 e. The van der Waals surface area contributed by atoms with Crippen molar-refractivity contribution in [2.45, 2.75) is 34.1 Å². The minimum absolute atomic E-state index is 0.0123. The molecule has 0 aliphatic rings. The molecule has 0 aromatic carbocycles. The molecule has 0 saturated heterocycles. The number of rotatable bonds is 4. The standard InChI is InChI=1S/C12H19N3O/c1-9(2)7-12(3,4)11(16)15-10-8-13-5-6-14-10/h5-6,8-9H,7H2,1-4H3,(H,14,15,16). The van der Waals surface area contributed by atoms with Crippen LogP contribution in [-0.4, -0.2) is 15.9 Å². The van der Waals surface area contributed by atoms with Gasteiger partial charge < -0.3 is 5.32 Å². The summed E-state index contributed by atoms with van der Waals surface area (Å²) in [5.41, 5.74) is -0.383. The van der Waals surface area contributed by atoms with Crippen LogP contribution >= 0.6 is 0 Å². The van der Waals surface area contributed by atoms with Crippen LogP contribution in [0.2, 0.25) is 0 Å². The van der Waals surface area contributed by atoms with Crippen LogP contribution in [-0.2, 0) is 4.79 Å². The summed E-state index contributed by atoms with van der Waals surface area (Å²) in [5.74, 6) is 0.980. The molecule has 0 fully saturated rings. The van der Waals surface area contributed by atoms with E-state index in [0.717, 1.165) is 6.42 Å². The third-order valence-electron chi connectivity index (χ3n) is 2.34. The Hall–Kier alpha value is -1.45. The van der Waals surface area contributed by atoms with Crippen molar-refractivity contribution in [2.75, 3.05) is 5.32 Å². The number of amides is 1. The first-order chi connectivity index (χ1) is 7.42.